The summed E-state index contributed by atoms with van der Waals surface area (Å²) in [6, 6.07) is 38.5. The van der Waals surface area contributed by atoms with Crippen molar-refractivity contribution in [1.82, 2.24) is 4.31 Å². The quantitative estimate of drug-likeness (QED) is 0.0727. The summed E-state index contributed by atoms with van der Waals surface area (Å²) in [4.78, 5) is 0.343. The van der Waals surface area contributed by atoms with E-state index in [2.05, 4.69) is 102 Å². The number of rotatable bonds is 19. The average Bonchev–Trinajstić information content (AvgIpc) is 3.10. The Bertz CT molecular complexity index is 1580. The van der Waals surface area contributed by atoms with Crippen LogP contribution in [0.2, 0.25) is 5.04 Å². The minimum Gasteiger partial charge on any atom is -0.406 e. The SMILES string of the molecule is CCc1ccc(S(=O)(=O)N(CCC(C)C)[C@@H](CCCCOCc2ccccc2)CO[Si](c2ccccc2)(c2ccccc2)C(C)(C)C)cc1. The van der Waals surface area contributed by atoms with Gasteiger partial charge in [0.2, 0.25) is 10.0 Å². The molecule has 264 valence electrons. The zero-order valence-corrected chi connectivity index (χ0v) is 32.3. The summed E-state index contributed by atoms with van der Waals surface area (Å²) < 4.78 is 44.4. The van der Waals surface area contributed by atoms with Gasteiger partial charge in [-0.2, -0.15) is 4.31 Å². The second-order valence-corrected chi connectivity index (χ2v) is 20.7. The highest BCUT2D eigenvalue weighted by atomic mass is 32.2. The van der Waals surface area contributed by atoms with Crippen LogP contribution >= 0.6 is 0 Å². The van der Waals surface area contributed by atoms with Gasteiger partial charge in [-0.05, 0) is 76.7 Å². The molecule has 0 amide bonds. The third-order valence-corrected chi connectivity index (χ3v) is 16.3. The molecule has 0 aromatic heterocycles. The highest BCUT2D eigenvalue weighted by Gasteiger charge is 2.50. The number of nitrogens with zero attached hydrogens (tertiary/aromatic N) is 1. The summed E-state index contributed by atoms with van der Waals surface area (Å²) >= 11 is 0. The smallest absolute Gasteiger partial charge is 0.261 e. The van der Waals surface area contributed by atoms with E-state index >= 15 is 0 Å². The van der Waals surface area contributed by atoms with Gasteiger partial charge in [0.15, 0.2) is 0 Å². The Labute approximate surface area is 297 Å². The molecule has 0 unspecified atom stereocenters. The number of benzene rings is 4. The van der Waals surface area contributed by atoms with E-state index in [-0.39, 0.29) is 11.1 Å². The Morgan fingerprint density at radius 3 is 1.78 bits per heavy atom. The lowest BCUT2D eigenvalue weighted by molar-refractivity contribution is 0.113. The van der Waals surface area contributed by atoms with Gasteiger partial charge in [0, 0.05) is 19.2 Å². The van der Waals surface area contributed by atoms with Crippen molar-refractivity contribution in [2.75, 3.05) is 19.8 Å². The average molecular weight is 700 g/mol. The van der Waals surface area contributed by atoms with Crippen molar-refractivity contribution in [1.29, 1.82) is 0 Å². The van der Waals surface area contributed by atoms with Crippen molar-refractivity contribution < 1.29 is 17.6 Å². The van der Waals surface area contributed by atoms with Crippen LogP contribution in [-0.4, -0.2) is 46.8 Å². The summed E-state index contributed by atoms with van der Waals surface area (Å²) in [7, 11) is -6.70. The molecule has 0 fully saturated rings. The van der Waals surface area contributed by atoms with Crippen LogP contribution in [-0.2, 0) is 32.2 Å². The van der Waals surface area contributed by atoms with E-state index in [9.17, 15) is 8.42 Å². The molecule has 1 atom stereocenters. The number of ether oxygens (including phenoxy) is 1. The van der Waals surface area contributed by atoms with Crippen LogP contribution < -0.4 is 10.4 Å². The summed E-state index contributed by atoms with van der Waals surface area (Å²) in [5.74, 6) is 0.352. The van der Waals surface area contributed by atoms with Gasteiger partial charge >= 0.3 is 0 Å². The highest BCUT2D eigenvalue weighted by molar-refractivity contribution is 7.89. The maximum Gasteiger partial charge on any atom is 0.261 e. The van der Waals surface area contributed by atoms with Crippen molar-refractivity contribution in [3.8, 4) is 0 Å². The first-order valence-electron chi connectivity index (χ1n) is 18.0. The zero-order valence-electron chi connectivity index (χ0n) is 30.5. The molecule has 0 aliphatic rings. The topological polar surface area (TPSA) is 55.8 Å². The lowest BCUT2D eigenvalue weighted by atomic mass is 10.1. The van der Waals surface area contributed by atoms with Crippen molar-refractivity contribution in [3.63, 3.8) is 0 Å². The fourth-order valence-electron chi connectivity index (χ4n) is 6.56. The van der Waals surface area contributed by atoms with Gasteiger partial charge in [-0.15, -0.1) is 0 Å². The van der Waals surface area contributed by atoms with Gasteiger partial charge in [0.1, 0.15) is 0 Å². The molecule has 0 saturated heterocycles. The van der Waals surface area contributed by atoms with Crippen LogP contribution in [0.25, 0.3) is 0 Å². The third-order valence-electron chi connectivity index (χ3n) is 9.37. The minimum atomic E-state index is -3.80. The molecule has 0 aliphatic carbocycles. The first-order chi connectivity index (χ1) is 23.5. The molecule has 7 heteroatoms. The normalized spacial score (nSPS) is 13.2. The predicted molar refractivity (Wildman–Crippen MR) is 206 cm³/mol. The van der Waals surface area contributed by atoms with Gasteiger partial charge < -0.3 is 9.16 Å². The van der Waals surface area contributed by atoms with Crippen molar-refractivity contribution in [2.45, 2.75) is 96.2 Å². The molecule has 49 heavy (non-hydrogen) atoms. The number of sulfonamides is 1. The van der Waals surface area contributed by atoms with Gasteiger partial charge in [-0.3, -0.25) is 0 Å². The van der Waals surface area contributed by atoms with E-state index in [1.807, 2.05) is 42.5 Å². The fourth-order valence-corrected chi connectivity index (χ4v) is 12.8. The van der Waals surface area contributed by atoms with Crippen LogP contribution in [0.15, 0.2) is 120 Å². The predicted octanol–water partition coefficient (Wildman–Crippen LogP) is 8.62. The Morgan fingerprint density at radius 1 is 0.714 bits per heavy atom. The standard InChI is InChI=1S/C42H57NO4SSi/c1-7-36-26-28-39(29-27-36)48(44,45)43(31-30-35(2)3)38(21-17-18-32-46-33-37-19-11-8-12-20-37)34-47-49(42(4,5)6,40-22-13-9-14-23-40)41-24-15-10-16-25-41/h8-16,19-20,22-29,35,38H,7,17-18,21,30-34H2,1-6H3/t38-/m0/s1. The lowest BCUT2D eigenvalue weighted by Gasteiger charge is -2.44. The second kappa shape index (κ2) is 18.2. The number of unbranched alkanes of at least 4 members (excludes halogenated alkanes) is 1. The maximum atomic E-state index is 14.6. The Balaban J connectivity index is 1.69. The number of hydrogen-bond acceptors (Lipinski definition) is 4. The molecule has 0 heterocycles. The van der Waals surface area contributed by atoms with E-state index in [1.165, 1.54) is 10.4 Å². The first-order valence-corrected chi connectivity index (χ1v) is 21.3. The molecular weight excluding hydrogens is 643 g/mol. The highest BCUT2D eigenvalue weighted by Crippen LogP contribution is 2.37. The van der Waals surface area contributed by atoms with Crippen LogP contribution in [0.1, 0.15) is 78.4 Å². The molecule has 0 radical (unpaired) electrons. The van der Waals surface area contributed by atoms with Gasteiger partial charge in [-0.1, -0.05) is 145 Å². The maximum absolute atomic E-state index is 14.6. The molecule has 0 saturated carbocycles. The third kappa shape index (κ3) is 10.2. The lowest BCUT2D eigenvalue weighted by Crippen LogP contribution is -2.67. The number of hydrogen-bond donors (Lipinski definition) is 0. The van der Waals surface area contributed by atoms with E-state index in [0.29, 0.717) is 43.6 Å². The second-order valence-electron chi connectivity index (χ2n) is 14.5. The molecule has 0 N–H and O–H groups in total. The Kier molecular flexibility index (Phi) is 14.4. The van der Waals surface area contributed by atoms with Gasteiger partial charge in [0.05, 0.1) is 18.1 Å². The monoisotopic (exact) mass is 699 g/mol. The largest absolute Gasteiger partial charge is 0.406 e. The van der Waals surface area contributed by atoms with Crippen LogP contribution in [0.3, 0.4) is 0 Å². The molecule has 4 aromatic rings. The van der Waals surface area contributed by atoms with Crippen LogP contribution in [0, 0.1) is 5.92 Å². The summed E-state index contributed by atoms with van der Waals surface area (Å²) in [6.45, 7) is 15.1. The zero-order chi connectivity index (χ0) is 35.3. The van der Waals surface area contributed by atoms with Gasteiger partial charge in [-0.25, -0.2) is 8.42 Å². The van der Waals surface area contributed by atoms with E-state index in [1.54, 1.807) is 16.4 Å². The Morgan fingerprint density at radius 2 is 1.27 bits per heavy atom. The molecule has 0 spiro atoms. The van der Waals surface area contributed by atoms with Gasteiger partial charge in [0.25, 0.3) is 8.32 Å². The minimum absolute atomic E-state index is 0.219. The molecular formula is C42H57NO4SSi. The van der Waals surface area contributed by atoms with Crippen LogP contribution in [0.4, 0.5) is 0 Å². The molecule has 0 aliphatic heterocycles. The molecule has 5 nitrogen and oxygen atoms in total. The summed E-state index contributed by atoms with van der Waals surface area (Å²) in [5.41, 5.74) is 2.27. The van der Waals surface area contributed by atoms with Crippen molar-refractivity contribution in [2.24, 2.45) is 5.92 Å². The van der Waals surface area contributed by atoms with Crippen molar-refractivity contribution >= 4 is 28.7 Å². The fraction of sp³-hybridized carbons (Fsp3) is 0.429. The molecule has 4 aromatic carbocycles. The first kappa shape index (κ1) is 38.7. The van der Waals surface area contributed by atoms with Crippen LogP contribution in [0.5, 0.6) is 0 Å². The molecule has 4 rings (SSSR count). The summed E-state index contributed by atoms with van der Waals surface area (Å²) in [5, 5.41) is 2.16. The number of aryl methyl sites for hydroxylation is 1. The van der Waals surface area contributed by atoms with E-state index in [4.69, 9.17) is 9.16 Å². The van der Waals surface area contributed by atoms with E-state index in [0.717, 1.165) is 36.8 Å². The Hall–Kier alpha value is -3.07. The van der Waals surface area contributed by atoms with E-state index < -0.39 is 18.3 Å². The summed E-state index contributed by atoms with van der Waals surface area (Å²) in [6.07, 6.45) is 3.97. The van der Waals surface area contributed by atoms with Crippen molar-refractivity contribution in [3.05, 3.63) is 126 Å². The molecule has 0 bridgehead atoms.